The van der Waals surface area contributed by atoms with E-state index in [-0.39, 0.29) is 11.8 Å². The van der Waals surface area contributed by atoms with Gasteiger partial charge in [0.25, 0.3) is 0 Å². The average molecular weight is 475 g/mol. The van der Waals surface area contributed by atoms with Crippen molar-refractivity contribution < 1.29 is 13.5 Å². The quantitative estimate of drug-likeness (QED) is 0.557. The first-order valence-electron chi connectivity index (χ1n) is 12.2. The molecule has 0 aromatic carbocycles. The van der Waals surface area contributed by atoms with Crippen molar-refractivity contribution in [1.29, 1.82) is 0 Å². The minimum atomic E-state index is -2.86. The molecule has 2 saturated heterocycles. The number of aromatic nitrogens is 3. The normalized spacial score (nSPS) is 30.6. The smallest absolute Gasteiger partial charge is 0.387 e. The Labute approximate surface area is 198 Å². The molecule has 178 valence electrons. The van der Waals surface area contributed by atoms with Gasteiger partial charge in [-0.2, -0.15) is 25.6 Å². The first-order chi connectivity index (χ1) is 15.9. The largest absolute Gasteiger partial charge is 0.433 e. The highest BCUT2D eigenvalue weighted by molar-refractivity contribution is 8.00. The minimum absolute atomic E-state index is 0.0677. The van der Waals surface area contributed by atoms with Gasteiger partial charge in [0.1, 0.15) is 5.75 Å². The summed E-state index contributed by atoms with van der Waals surface area (Å²) < 4.78 is 31.9. The van der Waals surface area contributed by atoms with Gasteiger partial charge < -0.3 is 9.64 Å². The van der Waals surface area contributed by atoms with Crippen LogP contribution >= 0.6 is 11.8 Å². The van der Waals surface area contributed by atoms with E-state index >= 15 is 0 Å². The molecule has 1 spiro atoms. The van der Waals surface area contributed by atoms with Gasteiger partial charge in [0.15, 0.2) is 0 Å². The van der Waals surface area contributed by atoms with Crippen molar-refractivity contribution in [3.63, 3.8) is 0 Å². The summed E-state index contributed by atoms with van der Waals surface area (Å²) in [7, 11) is 0. The maximum Gasteiger partial charge on any atom is 0.387 e. The highest BCUT2D eigenvalue weighted by atomic mass is 32.2. The topological polar surface area (TPSA) is 43.2 Å². The molecule has 4 fully saturated rings. The van der Waals surface area contributed by atoms with Crippen molar-refractivity contribution in [3.8, 4) is 17.0 Å². The zero-order valence-corrected chi connectivity index (χ0v) is 20.1. The van der Waals surface area contributed by atoms with Crippen LogP contribution in [0.25, 0.3) is 11.3 Å². The number of fused-ring (bicyclic) bond motifs is 1. The van der Waals surface area contributed by atoms with E-state index in [1.165, 1.54) is 62.2 Å². The first-order valence-corrected chi connectivity index (χ1v) is 13.4. The number of piperidine rings is 1. The second kappa shape index (κ2) is 8.22. The number of likely N-dealkylation sites (tertiary alicyclic amines) is 1. The molecule has 33 heavy (non-hydrogen) atoms. The molecule has 2 aliphatic heterocycles. The van der Waals surface area contributed by atoms with Crippen LogP contribution in [0.15, 0.2) is 24.5 Å². The summed E-state index contributed by atoms with van der Waals surface area (Å²) in [5, 5.41) is 4.85. The predicted molar refractivity (Wildman–Crippen MR) is 126 cm³/mol. The number of nitrogens with zero attached hydrogens (tertiary/aromatic N) is 4. The van der Waals surface area contributed by atoms with E-state index in [2.05, 4.69) is 51.0 Å². The molecule has 2 unspecified atom stereocenters. The third-order valence-electron chi connectivity index (χ3n) is 8.44. The highest BCUT2D eigenvalue weighted by Crippen LogP contribution is 2.64. The van der Waals surface area contributed by atoms with Crippen LogP contribution in [0.5, 0.6) is 5.75 Å². The number of rotatable bonds is 6. The van der Waals surface area contributed by atoms with Crippen LogP contribution in [0.3, 0.4) is 0 Å². The summed E-state index contributed by atoms with van der Waals surface area (Å²) >= 11 is 2.12. The molecule has 0 radical (unpaired) electrons. The second-order valence-electron chi connectivity index (χ2n) is 10.8. The van der Waals surface area contributed by atoms with Crippen LogP contribution < -0.4 is 4.74 Å². The molecule has 8 heteroatoms. The fraction of sp³-hybridized carbons (Fsp3) is 0.680. The van der Waals surface area contributed by atoms with Gasteiger partial charge >= 0.3 is 6.61 Å². The Bertz CT molecular complexity index is 1000. The number of halogens is 2. The van der Waals surface area contributed by atoms with Gasteiger partial charge in [0.2, 0.25) is 0 Å². The molecule has 2 aliphatic carbocycles. The highest BCUT2D eigenvalue weighted by Gasteiger charge is 2.59. The molecule has 4 heterocycles. The summed E-state index contributed by atoms with van der Waals surface area (Å²) in [6, 6.07) is 4.75. The van der Waals surface area contributed by atoms with Crippen molar-refractivity contribution in [3.05, 3.63) is 30.2 Å². The van der Waals surface area contributed by atoms with Crippen LogP contribution in [-0.2, 0) is 0 Å². The van der Waals surface area contributed by atoms with E-state index in [9.17, 15) is 8.78 Å². The SMILES string of the molecule is CC(C)n1nc(-c2cncc(OC(F)F)c2)cc1C1C2CC(N3CCC4(CC3)CSC4)CC21. The van der Waals surface area contributed by atoms with Crippen molar-refractivity contribution in [2.24, 2.45) is 17.3 Å². The first kappa shape index (κ1) is 21.8. The van der Waals surface area contributed by atoms with Crippen molar-refractivity contribution >= 4 is 11.8 Å². The van der Waals surface area contributed by atoms with Gasteiger partial charge in [-0.25, -0.2) is 0 Å². The van der Waals surface area contributed by atoms with Gasteiger partial charge in [-0.15, -0.1) is 0 Å². The Morgan fingerprint density at radius 1 is 1.09 bits per heavy atom. The Balaban J connectivity index is 1.15. The van der Waals surface area contributed by atoms with E-state index in [0.717, 1.165) is 23.6 Å². The Kier molecular flexibility index (Phi) is 5.44. The standard InChI is InChI=1S/C25H32F2N4OS/c1-15(2)31-22(10-21(29-31)16-7-18(12-28-11-16)32-24(26)27)23-19-8-17(9-20(19)23)30-5-3-25(4-6-30)13-33-14-25/h7,10-12,15,17,19-20,23-24H,3-6,8-9,13-14H2,1-2H3. The Morgan fingerprint density at radius 2 is 1.82 bits per heavy atom. The van der Waals surface area contributed by atoms with Crippen LogP contribution in [0.4, 0.5) is 8.78 Å². The van der Waals surface area contributed by atoms with Crippen LogP contribution in [0.2, 0.25) is 0 Å². The number of thioether (sulfide) groups is 1. The molecule has 4 aliphatic rings. The molecule has 2 saturated carbocycles. The lowest BCUT2D eigenvalue weighted by atomic mass is 9.80. The van der Waals surface area contributed by atoms with Crippen LogP contribution in [-0.4, -0.2) is 56.9 Å². The number of pyridine rings is 1. The van der Waals surface area contributed by atoms with Gasteiger partial charge in [-0.05, 0) is 93.5 Å². The van der Waals surface area contributed by atoms with E-state index in [1.807, 2.05) is 0 Å². The predicted octanol–water partition coefficient (Wildman–Crippen LogP) is 5.45. The molecule has 0 N–H and O–H groups in total. The lowest BCUT2D eigenvalue weighted by molar-refractivity contribution is -0.0500. The van der Waals surface area contributed by atoms with Crippen LogP contribution in [0, 0.1) is 17.3 Å². The van der Waals surface area contributed by atoms with Gasteiger partial charge in [0.05, 0.1) is 11.9 Å². The lowest BCUT2D eigenvalue weighted by Crippen LogP contribution is -2.49. The molecule has 5 nitrogen and oxygen atoms in total. The number of ether oxygens (including phenoxy) is 1. The maximum absolute atomic E-state index is 12.6. The average Bonchev–Trinajstić information content (AvgIpc) is 3.13. The number of hydrogen-bond donors (Lipinski definition) is 0. The van der Waals surface area contributed by atoms with Crippen LogP contribution in [0.1, 0.15) is 57.2 Å². The van der Waals surface area contributed by atoms with E-state index in [0.29, 0.717) is 16.9 Å². The number of alkyl halides is 2. The zero-order valence-electron chi connectivity index (χ0n) is 19.3. The molecule has 0 amide bonds. The van der Waals surface area contributed by atoms with E-state index in [4.69, 9.17) is 5.10 Å². The fourth-order valence-electron chi connectivity index (χ4n) is 6.53. The molecule has 2 aromatic heterocycles. The molecular weight excluding hydrogens is 442 g/mol. The Hall–Kier alpha value is -1.67. The monoisotopic (exact) mass is 474 g/mol. The number of hydrogen-bond acceptors (Lipinski definition) is 5. The van der Waals surface area contributed by atoms with Gasteiger partial charge in [-0.3, -0.25) is 9.67 Å². The zero-order chi connectivity index (χ0) is 22.7. The molecule has 6 rings (SSSR count). The summed E-state index contributed by atoms with van der Waals surface area (Å²) in [5.74, 6) is 4.90. The third kappa shape index (κ3) is 3.97. The van der Waals surface area contributed by atoms with Crippen molar-refractivity contribution in [2.75, 3.05) is 24.6 Å². The Morgan fingerprint density at radius 3 is 2.42 bits per heavy atom. The summed E-state index contributed by atoms with van der Waals surface area (Å²) in [6.07, 6.45) is 8.36. The molecule has 0 bridgehead atoms. The molecular formula is C25H32F2N4OS. The molecule has 2 aromatic rings. The minimum Gasteiger partial charge on any atom is -0.433 e. The van der Waals surface area contributed by atoms with E-state index in [1.54, 1.807) is 12.3 Å². The third-order valence-corrected chi connectivity index (χ3v) is 10.1. The summed E-state index contributed by atoms with van der Waals surface area (Å²) in [6.45, 7) is 4.01. The lowest BCUT2D eigenvalue weighted by Gasteiger charge is -2.49. The maximum atomic E-state index is 12.6. The van der Waals surface area contributed by atoms with Gasteiger partial charge in [0, 0.05) is 35.5 Å². The van der Waals surface area contributed by atoms with Crippen molar-refractivity contribution in [1.82, 2.24) is 19.7 Å². The summed E-state index contributed by atoms with van der Waals surface area (Å²) in [4.78, 5) is 6.86. The molecule has 2 atom stereocenters. The van der Waals surface area contributed by atoms with Crippen molar-refractivity contribution in [2.45, 2.75) is 64.1 Å². The van der Waals surface area contributed by atoms with Gasteiger partial charge in [-0.1, -0.05) is 0 Å². The second-order valence-corrected chi connectivity index (χ2v) is 11.8. The van der Waals surface area contributed by atoms with E-state index < -0.39 is 6.61 Å². The fourth-order valence-corrected chi connectivity index (χ4v) is 7.89. The summed E-state index contributed by atoms with van der Waals surface area (Å²) in [5.41, 5.74) is 3.47.